The van der Waals surface area contributed by atoms with E-state index in [0.717, 1.165) is 29.8 Å². The highest BCUT2D eigenvalue weighted by molar-refractivity contribution is 5.99. The summed E-state index contributed by atoms with van der Waals surface area (Å²) < 4.78 is 53.1. The summed E-state index contributed by atoms with van der Waals surface area (Å²) in [7, 11) is 0. The molecule has 1 saturated carbocycles. The lowest BCUT2D eigenvalue weighted by atomic mass is 9.86. The molecular weight excluding hydrogens is 496 g/mol. The standard InChI is InChI=1S/C30H34F4N2O2/c1-17-16-29(2,3)21-7-5-8-23(26(17)21)35-28(38)27-19-14-22(31)24(15-19)36(27)25(37)9-4-6-18-10-12-20(13-11-18)30(32,33)34/h5,7-8,10-13,17,19,22,24,27H,4,6,9,14-16H2,1-3H3,(H,35,38)/t17?,19?,22-,24?,27+/m0/s1. The lowest BCUT2D eigenvalue weighted by Gasteiger charge is -2.36. The minimum Gasteiger partial charge on any atom is -0.324 e. The van der Waals surface area contributed by atoms with Crippen LogP contribution in [0, 0.1) is 5.92 Å². The monoisotopic (exact) mass is 530 g/mol. The fourth-order valence-corrected chi connectivity index (χ4v) is 7.07. The van der Waals surface area contributed by atoms with Crippen LogP contribution < -0.4 is 5.32 Å². The maximum absolute atomic E-state index is 14.7. The normalized spacial score (nSPS) is 27.4. The van der Waals surface area contributed by atoms with E-state index in [0.29, 0.717) is 24.8 Å². The van der Waals surface area contributed by atoms with E-state index in [1.54, 1.807) is 0 Å². The molecule has 2 aromatic rings. The first-order valence-electron chi connectivity index (χ1n) is 13.4. The summed E-state index contributed by atoms with van der Waals surface area (Å²) in [5.74, 6) is -0.486. The van der Waals surface area contributed by atoms with Crippen LogP contribution in [0.25, 0.3) is 0 Å². The second-order valence-electron chi connectivity index (χ2n) is 11.9. The Labute approximate surface area is 220 Å². The van der Waals surface area contributed by atoms with Crippen molar-refractivity contribution in [3.8, 4) is 0 Å². The molecule has 1 heterocycles. The molecule has 8 heteroatoms. The highest BCUT2D eigenvalue weighted by Gasteiger charge is 2.56. The van der Waals surface area contributed by atoms with Crippen molar-refractivity contribution < 1.29 is 27.2 Å². The van der Waals surface area contributed by atoms with Crippen molar-refractivity contribution in [1.82, 2.24) is 4.90 Å². The van der Waals surface area contributed by atoms with Gasteiger partial charge in [0.2, 0.25) is 11.8 Å². The molecule has 5 atom stereocenters. The zero-order valence-electron chi connectivity index (χ0n) is 21.9. The van der Waals surface area contributed by atoms with E-state index in [4.69, 9.17) is 0 Å². The van der Waals surface area contributed by atoms with Crippen molar-refractivity contribution in [3.63, 3.8) is 0 Å². The number of nitrogens with zero attached hydrogens (tertiary/aromatic N) is 1. The smallest absolute Gasteiger partial charge is 0.324 e. The van der Waals surface area contributed by atoms with Crippen LogP contribution >= 0.6 is 0 Å². The number of carbonyl (C=O) groups is 2. The number of piperidine rings is 1. The van der Waals surface area contributed by atoms with Crippen molar-refractivity contribution >= 4 is 17.5 Å². The number of carbonyl (C=O) groups excluding carboxylic acids is 2. The molecule has 2 amide bonds. The maximum Gasteiger partial charge on any atom is 0.416 e. The van der Waals surface area contributed by atoms with Crippen molar-refractivity contribution in [2.24, 2.45) is 5.92 Å². The first-order chi connectivity index (χ1) is 17.9. The second-order valence-corrected chi connectivity index (χ2v) is 11.9. The van der Waals surface area contributed by atoms with E-state index in [2.05, 4.69) is 32.2 Å². The van der Waals surface area contributed by atoms with Crippen LogP contribution in [0.5, 0.6) is 0 Å². The van der Waals surface area contributed by atoms with Gasteiger partial charge in [-0.25, -0.2) is 4.39 Å². The van der Waals surface area contributed by atoms with Crippen LogP contribution in [0.15, 0.2) is 42.5 Å². The Morgan fingerprint density at radius 2 is 1.79 bits per heavy atom. The molecule has 204 valence electrons. The molecule has 0 radical (unpaired) electrons. The second kappa shape index (κ2) is 9.69. The Morgan fingerprint density at radius 1 is 1.08 bits per heavy atom. The number of alkyl halides is 4. The number of benzene rings is 2. The van der Waals surface area contributed by atoms with E-state index < -0.39 is 30.0 Å². The number of rotatable bonds is 6. The summed E-state index contributed by atoms with van der Waals surface area (Å²) in [6.07, 6.45) is -2.88. The van der Waals surface area contributed by atoms with Crippen LogP contribution in [0.2, 0.25) is 0 Å². The summed E-state index contributed by atoms with van der Waals surface area (Å²) >= 11 is 0. The summed E-state index contributed by atoms with van der Waals surface area (Å²) in [5.41, 5.74) is 3.11. The molecule has 38 heavy (non-hydrogen) atoms. The Bertz CT molecular complexity index is 1220. The van der Waals surface area contributed by atoms with Crippen LogP contribution in [0.3, 0.4) is 0 Å². The molecule has 2 aromatic carbocycles. The number of hydrogen-bond acceptors (Lipinski definition) is 2. The topological polar surface area (TPSA) is 49.4 Å². The molecule has 0 aromatic heterocycles. The number of nitrogens with one attached hydrogen (secondary N) is 1. The quantitative estimate of drug-likeness (QED) is 0.419. The van der Waals surface area contributed by atoms with Gasteiger partial charge in [0.05, 0.1) is 11.6 Å². The molecule has 5 rings (SSSR count). The van der Waals surface area contributed by atoms with E-state index in [9.17, 15) is 27.2 Å². The molecule has 1 saturated heterocycles. The minimum absolute atomic E-state index is 0.0123. The van der Waals surface area contributed by atoms with E-state index in [-0.39, 0.29) is 41.9 Å². The van der Waals surface area contributed by atoms with Crippen LogP contribution in [-0.2, 0) is 27.6 Å². The number of halogens is 4. The fourth-order valence-electron chi connectivity index (χ4n) is 7.07. The van der Waals surface area contributed by atoms with E-state index in [1.807, 2.05) is 12.1 Å². The number of fused-ring (bicyclic) bond motifs is 3. The Hall–Kier alpha value is -2.90. The van der Waals surface area contributed by atoms with Gasteiger partial charge < -0.3 is 10.2 Å². The van der Waals surface area contributed by atoms with E-state index in [1.165, 1.54) is 22.6 Å². The fraction of sp³-hybridized carbons (Fsp3) is 0.533. The van der Waals surface area contributed by atoms with Gasteiger partial charge in [-0.1, -0.05) is 45.0 Å². The lowest BCUT2D eigenvalue weighted by molar-refractivity contribution is -0.142. The molecule has 2 fully saturated rings. The minimum atomic E-state index is -4.39. The molecule has 2 aliphatic carbocycles. The summed E-state index contributed by atoms with van der Waals surface area (Å²) in [5, 5.41) is 3.09. The van der Waals surface area contributed by atoms with Crippen molar-refractivity contribution in [2.45, 2.75) is 95.1 Å². The van der Waals surface area contributed by atoms with Gasteiger partial charge in [-0.05, 0) is 84.2 Å². The molecule has 1 aliphatic heterocycles. The summed E-state index contributed by atoms with van der Waals surface area (Å²) in [4.78, 5) is 28.3. The molecule has 2 bridgehead atoms. The largest absolute Gasteiger partial charge is 0.416 e. The van der Waals surface area contributed by atoms with Gasteiger partial charge >= 0.3 is 6.18 Å². The molecule has 3 aliphatic rings. The lowest BCUT2D eigenvalue weighted by Crippen LogP contribution is -2.54. The highest BCUT2D eigenvalue weighted by atomic mass is 19.4. The average Bonchev–Trinajstić information content (AvgIpc) is 3.47. The summed E-state index contributed by atoms with van der Waals surface area (Å²) in [6.45, 7) is 6.55. The van der Waals surface area contributed by atoms with Crippen molar-refractivity contribution in [3.05, 3.63) is 64.7 Å². The van der Waals surface area contributed by atoms with Crippen molar-refractivity contribution in [2.75, 3.05) is 5.32 Å². The SMILES string of the molecule is CC1CC(C)(C)c2cccc(NC(=O)[C@H]3C4CC([C@@H](F)C4)N3C(=O)CCCc3ccc(C(F)(F)F)cc3)c21. The predicted octanol–water partition coefficient (Wildman–Crippen LogP) is 6.78. The number of hydrogen-bond donors (Lipinski definition) is 1. The highest BCUT2D eigenvalue weighted by Crippen LogP contribution is 2.49. The number of likely N-dealkylation sites (tertiary alicyclic amines) is 1. The van der Waals surface area contributed by atoms with Gasteiger partial charge in [0.1, 0.15) is 12.2 Å². The van der Waals surface area contributed by atoms with Crippen molar-refractivity contribution in [1.29, 1.82) is 0 Å². The van der Waals surface area contributed by atoms with E-state index >= 15 is 0 Å². The van der Waals surface area contributed by atoms with Gasteiger partial charge in [-0.3, -0.25) is 9.59 Å². The molecular formula is C30H34F4N2O2. The molecule has 1 N–H and O–H groups in total. The number of aryl methyl sites for hydroxylation is 1. The molecule has 4 nitrogen and oxygen atoms in total. The van der Waals surface area contributed by atoms with Gasteiger partial charge in [-0.2, -0.15) is 13.2 Å². The van der Waals surface area contributed by atoms with Crippen LogP contribution in [0.1, 0.15) is 81.0 Å². The Kier molecular flexibility index (Phi) is 6.81. The Balaban J connectivity index is 1.27. The first-order valence-corrected chi connectivity index (χ1v) is 13.4. The van der Waals surface area contributed by atoms with Gasteiger partial charge in [-0.15, -0.1) is 0 Å². The van der Waals surface area contributed by atoms with Crippen LogP contribution in [-0.4, -0.2) is 35.0 Å². The van der Waals surface area contributed by atoms with Crippen LogP contribution in [0.4, 0.5) is 23.2 Å². The van der Waals surface area contributed by atoms with Gasteiger partial charge in [0, 0.05) is 12.1 Å². The third-order valence-corrected chi connectivity index (χ3v) is 8.69. The third kappa shape index (κ3) is 4.82. The zero-order valence-corrected chi connectivity index (χ0v) is 21.9. The zero-order chi connectivity index (χ0) is 27.4. The Morgan fingerprint density at radius 3 is 2.47 bits per heavy atom. The molecule has 3 unspecified atom stereocenters. The first kappa shape index (κ1) is 26.7. The third-order valence-electron chi connectivity index (χ3n) is 8.69. The summed E-state index contributed by atoms with van der Waals surface area (Å²) in [6, 6.07) is 9.53. The number of anilines is 1. The van der Waals surface area contributed by atoms with Gasteiger partial charge in [0.15, 0.2) is 0 Å². The maximum atomic E-state index is 14.7. The predicted molar refractivity (Wildman–Crippen MR) is 138 cm³/mol. The average molecular weight is 531 g/mol. The van der Waals surface area contributed by atoms with Gasteiger partial charge in [0.25, 0.3) is 0 Å². The number of amides is 2. The molecule has 0 spiro atoms.